The first-order valence-corrected chi connectivity index (χ1v) is 9.83. The zero-order valence-electron chi connectivity index (χ0n) is 16.4. The van der Waals surface area contributed by atoms with Crippen molar-refractivity contribution in [3.63, 3.8) is 0 Å². The molecule has 0 bridgehead atoms. The van der Waals surface area contributed by atoms with Gasteiger partial charge in [0.2, 0.25) is 0 Å². The summed E-state index contributed by atoms with van der Waals surface area (Å²) in [4.78, 5) is 17.2. The smallest absolute Gasteiger partial charge is 0.274 e. The average molecular weight is 383 g/mol. The van der Waals surface area contributed by atoms with Gasteiger partial charge in [0, 0.05) is 11.9 Å². The summed E-state index contributed by atoms with van der Waals surface area (Å²) in [6, 6.07) is 10.2. The number of carbonyl (C=O) groups is 1. The number of anilines is 1. The van der Waals surface area contributed by atoms with E-state index in [0.29, 0.717) is 35.8 Å². The maximum Gasteiger partial charge on any atom is 0.274 e. The molecule has 3 aromatic rings. The van der Waals surface area contributed by atoms with E-state index in [1.165, 1.54) is 35.9 Å². The first-order chi connectivity index (χ1) is 13.6. The third kappa shape index (κ3) is 4.68. The number of halogens is 1. The number of hydrogen-bond donors (Lipinski definition) is 1. The van der Waals surface area contributed by atoms with Gasteiger partial charge in [0.25, 0.3) is 5.91 Å². The van der Waals surface area contributed by atoms with E-state index in [-0.39, 0.29) is 5.91 Å². The van der Waals surface area contributed by atoms with Crippen LogP contribution >= 0.6 is 0 Å². The number of aryl methyl sites for hydroxylation is 1. The van der Waals surface area contributed by atoms with Crippen LogP contribution in [0.5, 0.6) is 5.75 Å². The van der Waals surface area contributed by atoms with E-state index < -0.39 is 5.82 Å². The molecule has 1 amide bonds. The highest BCUT2D eigenvalue weighted by Gasteiger charge is 2.18. The molecule has 0 unspecified atom stereocenters. The second-order valence-corrected chi connectivity index (χ2v) is 6.72. The molecular formula is C22H26FN3O2. The van der Waals surface area contributed by atoms with Crippen LogP contribution in [0, 0.1) is 5.82 Å². The van der Waals surface area contributed by atoms with E-state index >= 15 is 0 Å². The first kappa shape index (κ1) is 19.9. The van der Waals surface area contributed by atoms with Gasteiger partial charge in [-0.05, 0) is 49.2 Å². The highest BCUT2D eigenvalue weighted by molar-refractivity contribution is 6.04. The first-order valence-electron chi connectivity index (χ1n) is 9.83. The van der Waals surface area contributed by atoms with Crippen LogP contribution in [0.1, 0.15) is 55.7 Å². The molecule has 0 atom stereocenters. The van der Waals surface area contributed by atoms with Crippen LogP contribution < -0.4 is 10.1 Å². The van der Waals surface area contributed by atoms with Crippen molar-refractivity contribution < 1.29 is 13.9 Å². The zero-order valence-corrected chi connectivity index (χ0v) is 16.4. The summed E-state index contributed by atoms with van der Waals surface area (Å²) in [5, 5.41) is 2.86. The number of rotatable bonds is 9. The number of pyridine rings is 1. The number of nitrogens with one attached hydrogen (secondary N) is 1. The van der Waals surface area contributed by atoms with Gasteiger partial charge in [-0.25, -0.2) is 9.37 Å². The summed E-state index contributed by atoms with van der Waals surface area (Å²) in [7, 11) is 0. The molecule has 148 valence electrons. The molecule has 0 aliphatic rings. The van der Waals surface area contributed by atoms with E-state index in [4.69, 9.17) is 4.74 Å². The minimum atomic E-state index is -0.415. The third-order valence-corrected chi connectivity index (χ3v) is 4.58. The quantitative estimate of drug-likeness (QED) is 0.514. The van der Waals surface area contributed by atoms with Crippen LogP contribution in [-0.4, -0.2) is 21.9 Å². The second kappa shape index (κ2) is 9.35. The molecule has 5 nitrogen and oxygen atoms in total. The average Bonchev–Trinajstić information content (AvgIpc) is 3.07. The van der Waals surface area contributed by atoms with Crippen molar-refractivity contribution >= 4 is 17.2 Å². The van der Waals surface area contributed by atoms with Gasteiger partial charge >= 0.3 is 0 Å². The largest absolute Gasteiger partial charge is 0.494 e. The van der Waals surface area contributed by atoms with E-state index in [0.717, 1.165) is 12.2 Å². The maximum atomic E-state index is 13.6. The van der Waals surface area contributed by atoms with Crippen LogP contribution in [0.2, 0.25) is 0 Å². The van der Waals surface area contributed by atoms with E-state index in [9.17, 15) is 9.18 Å². The number of amides is 1. The molecular weight excluding hydrogens is 357 g/mol. The van der Waals surface area contributed by atoms with Gasteiger partial charge in [-0.15, -0.1) is 0 Å². The number of fused-ring (bicyclic) bond motifs is 1. The fraction of sp³-hybridized carbons (Fsp3) is 0.364. The van der Waals surface area contributed by atoms with Gasteiger partial charge in [-0.3, -0.25) is 9.20 Å². The van der Waals surface area contributed by atoms with Crippen molar-refractivity contribution in [3.05, 3.63) is 59.8 Å². The Labute approximate surface area is 164 Å². The Kier molecular flexibility index (Phi) is 6.63. The van der Waals surface area contributed by atoms with E-state index in [1.54, 1.807) is 18.2 Å². The van der Waals surface area contributed by atoms with Gasteiger partial charge in [0.1, 0.15) is 22.9 Å². The minimum Gasteiger partial charge on any atom is -0.494 e. The SMILES string of the molecule is CCCCCCOc1ccc(NC(=O)c2c(CC)nc3ccc(F)cn23)cc1. The van der Waals surface area contributed by atoms with Crippen molar-refractivity contribution in [1.29, 1.82) is 0 Å². The molecule has 0 aliphatic carbocycles. The molecule has 0 saturated heterocycles. The Bertz CT molecular complexity index is 935. The van der Waals surface area contributed by atoms with Gasteiger partial charge in [0.05, 0.1) is 12.3 Å². The predicted octanol–water partition coefficient (Wildman–Crippen LogP) is 5.25. The van der Waals surface area contributed by atoms with Crippen LogP contribution in [0.4, 0.5) is 10.1 Å². The van der Waals surface area contributed by atoms with Crippen LogP contribution in [0.15, 0.2) is 42.6 Å². The second-order valence-electron chi connectivity index (χ2n) is 6.72. The fourth-order valence-corrected chi connectivity index (χ4v) is 3.10. The van der Waals surface area contributed by atoms with Gasteiger partial charge < -0.3 is 10.1 Å². The summed E-state index contributed by atoms with van der Waals surface area (Å²) in [6.45, 7) is 4.79. The molecule has 2 heterocycles. The van der Waals surface area contributed by atoms with Crippen molar-refractivity contribution in [3.8, 4) is 5.75 Å². The third-order valence-electron chi connectivity index (χ3n) is 4.58. The molecule has 0 saturated carbocycles. The summed E-state index contributed by atoms with van der Waals surface area (Å²) >= 11 is 0. The monoisotopic (exact) mass is 383 g/mol. The maximum absolute atomic E-state index is 13.6. The number of imidazole rings is 1. The Hall–Kier alpha value is -2.89. The van der Waals surface area contributed by atoms with E-state index in [1.807, 2.05) is 19.1 Å². The molecule has 2 aromatic heterocycles. The Morgan fingerprint density at radius 3 is 2.61 bits per heavy atom. The zero-order chi connectivity index (χ0) is 19.9. The Morgan fingerprint density at radius 2 is 1.89 bits per heavy atom. The molecule has 28 heavy (non-hydrogen) atoms. The number of benzene rings is 1. The lowest BCUT2D eigenvalue weighted by atomic mass is 10.2. The molecule has 0 radical (unpaired) electrons. The van der Waals surface area contributed by atoms with Crippen LogP contribution in [-0.2, 0) is 6.42 Å². The van der Waals surface area contributed by atoms with Gasteiger partial charge in [-0.1, -0.05) is 33.1 Å². The Balaban J connectivity index is 1.68. The van der Waals surface area contributed by atoms with Crippen molar-refractivity contribution in [1.82, 2.24) is 9.38 Å². The summed E-state index contributed by atoms with van der Waals surface area (Å²) in [5.41, 5.74) is 2.19. The molecule has 6 heteroatoms. The number of nitrogens with zero attached hydrogens (tertiary/aromatic N) is 2. The van der Waals surface area contributed by atoms with Gasteiger partial charge in [0.15, 0.2) is 0 Å². The van der Waals surface area contributed by atoms with Crippen LogP contribution in [0.3, 0.4) is 0 Å². The molecule has 1 aromatic carbocycles. The topological polar surface area (TPSA) is 55.6 Å². The summed E-state index contributed by atoms with van der Waals surface area (Å²) in [6.07, 6.45) is 6.50. The molecule has 0 fully saturated rings. The summed E-state index contributed by atoms with van der Waals surface area (Å²) < 4.78 is 20.9. The molecule has 1 N–H and O–H groups in total. The molecule has 3 rings (SSSR count). The summed E-state index contributed by atoms with van der Waals surface area (Å²) in [5.74, 6) is 0.0471. The molecule has 0 aliphatic heterocycles. The number of carbonyl (C=O) groups excluding carboxylic acids is 1. The minimum absolute atomic E-state index is 0.316. The normalized spacial score (nSPS) is 11.0. The molecule has 0 spiro atoms. The van der Waals surface area contributed by atoms with Crippen molar-refractivity contribution in [2.45, 2.75) is 46.0 Å². The Morgan fingerprint density at radius 1 is 1.11 bits per heavy atom. The lowest BCUT2D eigenvalue weighted by molar-refractivity contribution is 0.102. The standard InChI is InChI=1S/C22H26FN3O2/c1-3-5-6-7-14-28-18-11-9-17(10-12-18)24-22(27)21-19(4-2)25-20-13-8-16(23)15-26(20)21/h8-13,15H,3-7,14H2,1-2H3,(H,24,27). The lowest BCUT2D eigenvalue weighted by Crippen LogP contribution is -2.16. The van der Waals surface area contributed by atoms with Gasteiger partial charge in [-0.2, -0.15) is 0 Å². The van der Waals surface area contributed by atoms with Crippen molar-refractivity contribution in [2.75, 3.05) is 11.9 Å². The number of hydrogen-bond acceptors (Lipinski definition) is 3. The highest BCUT2D eigenvalue weighted by Crippen LogP contribution is 2.19. The van der Waals surface area contributed by atoms with Crippen LogP contribution in [0.25, 0.3) is 5.65 Å². The fourth-order valence-electron chi connectivity index (χ4n) is 3.10. The predicted molar refractivity (Wildman–Crippen MR) is 109 cm³/mol. The number of ether oxygens (including phenoxy) is 1. The number of aromatic nitrogens is 2. The van der Waals surface area contributed by atoms with Crippen molar-refractivity contribution in [2.24, 2.45) is 0 Å². The number of unbranched alkanes of at least 4 members (excludes halogenated alkanes) is 3. The van der Waals surface area contributed by atoms with E-state index in [2.05, 4.69) is 17.2 Å². The highest BCUT2D eigenvalue weighted by atomic mass is 19.1. The lowest BCUT2D eigenvalue weighted by Gasteiger charge is -2.09.